The molecule has 1 amide bonds. The molecule has 7 heteroatoms. The summed E-state index contributed by atoms with van der Waals surface area (Å²) in [5.41, 5.74) is 4.54. The molecule has 0 atom stereocenters. The smallest absolute Gasteiger partial charge is 0.398 e. The monoisotopic (exact) mass is 289 g/mol. The lowest BCUT2D eigenvalue weighted by Crippen LogP contribution is -2.33. The van der Waals surface area contributed by atoms with Crippen LogP contribution in [0.5, 0.6) is 0 Å². The Kier molecular flexibility index (Phi) is 5.38. The van der Waals surface area contributed by atoms with E-state index in [2.05, 4.69) is 5.32 Å². The largest absolute Gasteiger partial charge is 0.416 e. The van der Waals surface area contributed by atoms with Crippen molar-refractivity contribution in [3.63, 3.8) is 0 Å². The van der Waals surface area contributed by atoms with Crippen molar-refractivity contribution in [3.05, 3.63) is 29.3 Å². The molecular weight excluding hydrogens is 271 g/mol. The molecule has 0 saturated heterocycles. The van der Waals surface area contributed by atoms with Crippen LogP contribution in [-0.4, -0.2) is 37.5 Å². The highest BCUT2D eigenvalue weighted by molar-refractivity contribution is 5.99. The van der Waals surface area contributed by atoms with Crippen LogP contribution in [0.15, 0.2) is 18.2 Å². The molecule has 4 nitrogen and oxygen atoms in total. The van der Waals surface area contributed by atoms with Crippen molar-refractivity contribution in [2.24, 2.45) is 0 Å². The van der Waals surface area contributed by atoms with Crippen LogP contribution < -0.4 is 11.1 Å². The molecule has 0 aliphatic rings. The fourth-order valence-electron chi connectivity index (χ4n) is 1.54. The highest BCUT2D eigenvalue weighted by Gasteiger charge is 2.31. The lowest BCUT2D eigenvalue weighted by molar-refractivity contribution is -0.137. The van der Waals surface area contributed by atoms with Gasteiger partial charge in [0.25, 0.3) is 5.91 Å². The fourth-order valence-corrected chi connectivity index (χ4v) is 1.54. The van der Waals surface area contributed by atoms with Gasteiger partial charge in [-0.25, -0.2) is 0 Å². The zero-order valence-electron chi connectivity index (χ0n) is 11.4. The number of halogens is 3. The topological polar surface area (TPSA) is 58.4 Å². The van der Waals surface area contributed by atoms with Crippen molar-refractivity contribution in [1.29, 1.82) is 0 Å². The van der Waals surface area contributed by atoms with Gasteiger partial charge in [-0.15, -0.1) is 0 Å². The number of anilines is 1. The fraction of sp³-hybridized carbons (Fsp3) is 0.462. The maximum Gasteiger partial charge on any atom is 0.416 e. The normalized spacial score (nSPS) is 11.7. The van der Waals surface area contributed by atoms with Crippen LogP contribution in [0.4, 0.5) is 18.9 Å². The summed E-state index contributed by atoms with van der Waals surface area (Å²) in [4.78, 5) is 13.8. The molecule has 0 saturated carbocycles. The maximum absolute atomic E-state index is 12.6. The van der Waals surface area contributed by atoms with E-state index in [1.807, 2.05) is 18.9 Å². The number of alkyl halides is 3. The lowest BCUT2D eigenvalue weighted by atomic mass is 10.1. The summed E-state index contributed by atoms with van der Waals surface area (Å²) in [6.45, 7) is 3.74. The summed E-state index contributed by atoms with van der Waals surface area (Å²) in [5, 5.41) is 2.56. The minimum atomic E-state index is -4.49. The van der Waals surface area contributed by atoms with Crippen LogP contribution in [0.3, 0.4) is 0 Å². The van der Waals surface area contributed by atoms with Crippen LogP contribution in [0.1, 0.15) is 22.8 Å². The number of likely N-dealkylation sites (N-methyl/N-ethyl adjacent to an activating group) is 1. The summed E-state index contributed by atoms with van der Waals surface area (Å²) >= 11 is 0. The summed E-state index contributed by atoms with van der Waals surface area (Å²) in [7, 11) is 1.88. The quantitative estimate of drug-likeness (QED) is 0.815. The highest BCUT2D eigenvalue weighted by Crippen LogP contribution is 2.31. The third kappa shape index (κ3) is 4.41. The van der Waals surface area contributed by atoms with Gasteiger partial charge in [-0.05, 0) is 31.8 Å². The molecule has 0 aromatic heterocycles. The second-order valence-electron chi connectivity index (χ2n) is 4.45. The Bertz CT molecular complexity index is 474. The summed E-state index contributed by atoms with van der Waals surface area (Å²) in [6, 6.07) is 2.72. The van der Waals surface area contributed by atoms with Crippen LogP contribution in [0.25, 0.3) is 0 Å². The molecule has 112 valence electrons. The third-order valence-corrected chi connectivity index (χ3v) is 2.94. The Morgan fingerprint density at radius 1 is 1.40 bits per heavy atom. The van der Waals surface area contributed by atoms with Crippen molar-refractivity contribution < 1.29 is 18.0 Å². The molecule has 1 aromatic carbocycles. The van der Waals surface area contributed by atoms with Gasteiger partial charge in [-0.3, -0.25) is 4.79 Å². The first-order valence-corrected chi connectivity index (χ1v) is 6.19. The van der Waals surface area contributed by atoms with Gasteiger partial charge in [0.05, 0.1) is 11.1 Å². The van der Waals surface area contributed by atoms with E-state index >= 15 is 0 Å². The van der Waals surface area contributed by atoms with E-state index in [-0.39, 0.29) is 11.3 Å². The number of nitrogens with one attached hydrogen (secondary N) is 1. The molecule has 0 bridgehead atoms. The summed E-state index contributed by atoms with van der Waals surface area (Å²) in [6.07, 6.45) is -4.49. The second-order valence-corrected chi connectivity index (χ2v) is 4.45. The predicted molar refractivity (Wildman–Crippen MR) is 71.4 cm³/mol. The van der Waals surface area contributed by atoms with E-state index in [9.17, 15) is 18.0 Å². The van der Waals surface area contributed by atoms with Crippen LogP contribution in [0, 0.1) is 0 Å². The van der Waals surface area contributed by atoms with E-state index in [1.54, 1.807) is 0 Å². The minimum Gasteiger partial charge on any atom is -0.398 e. The molecular formula is C13H18F3N3O. The molecule has 0 aliphatic heterocycles. The molecule has 1 aromatic rings. The van der Waals surface area contributed by atoms with Crippen molar-refractivity contribution >= 4 is 11.6 Å². The average Bonchev–Trinajstić information content (AvgIpc) is 2.37. The standard InChI is InChI=1S/C13H18F3N3O/c1-3-19(2)7-6-18-12(20)10-8-9(13(14,15)16)4-5-11(10)17/h4-5,8H,3,6-7,17H2,1-2H3,(H,18,20). The van der Waals surface area contributed by atoms with Crippen LogP contribution in [-0.2, 0) is 6.18 Å². The molecule has 1 rings (SSSR count). The van der Waals surface area contributed by atoms with Gasteiger partial charge in [0.2, 0.25) is 0 Å². The van der Waals surface area contributed by atoms with Gasteiger partial charge in [-0.1, -0.05) is 6.92 Å². The Hall–Kier alpha value is -1.76. The van der Waals surface area contributed by atoms with Crippen molar-refractivity contribution in [2.75, 3.05) is 32.4 Å². The summed E-state index contributed by atoms with van der Waals surface area (Å²) in [5.74, 6) is -0.599. The van der Waals surface area contributed by atoms with E-state index in [0.717, 1.165) is 24.7 Å². The number of amides is 1. The molecule has 0 spiro atoms. The van der Waals surface area contributed by atoms with Gasteiger partial charge in [0.1, 0.15) is 0 Å². The Balaban J connectivity index is 2.77. The molecule has 0 radical (unpaired) electrons. The number of nitrogen functional groups attached to an aromatic ring is 1. The third-order valence-electron chi connectivity index (χ3n) is 2.94. The number of hydrogen-bond acceptors (Lipinski definition) is 3. The van der Waals surface area contributed by atoms with E-state index in [1.165, 1.54) is 0 Å². The number of rotatable bonds is 5. The average molecular weight is 289 g/mol. The van der Waals surface area contributed by atoms with Crippen molar-refractivity contribution in [2.45, 2.75) is 13.1 Å². The van der Waals surface area contributed by atoms with Crippen LogP contribution >= 0.6 is 0 Å². The first-order chi connectivity index (χ1) is 9.25. The number of nitrogens with zero attached hydrogens (tertiary/aromatic N) is 1. The Morgan fingerprint density at radius 3 is 2.60 bits per heavy atom. The van der Waals surface area contributed by atoms with Crippen molar-refractivity contribution in [1.82, 2.24) is 10.2 Å². The van der Waals surface area contributed by atoms with E-state index < -0.39 is 17.6 Å². The predicted octanol–water partition coefficient (Wildman–Crippen LogP) is 1.97. The first-order valence-electron chi connectivity index (χ1n) is 6.19. The zero-order chi connectivity index (χ0) is 15.3. The van der Waals surface area contributed by atoms with Gasteiger partial charge < -0.3 is 16.0 Å². The van der Waals surface area contributed by atoms with Gasteiger partial charge in [0, 0.05) is 18.8 Å². The zero-order valence-corrected chi connectivity index (χ0v) is 11.4. The number of benzene rings is 1. The second kappa shape index (κ2) is 6.60. The van der Waals surface area contributed by atoms with E-state index in [4.69, 9.17) is 5.73 Å². The molecule has 0 unspecified atom stereocenters. The molecule has 0 fully saturated rings. The summed E-state index contributed by atoms with van der Waals surface area (Å²) < 4.78 is 37.8. The first kappa shape index (κ1) is 16.3. The van der Waals surface area contributed by atoms with Crippen LogP contribution in [0.2, 0.25) is 0 Å². The number of nitrogens with two attached hydrogens (primary N) is 1. The lowest BCUT2D eigenvalue weighted by Gasteiger charge is -2.15. The van der Waals surface area contributed by atoms with E-state index in [0.29, 0.717) is 13.1 Å². The molecule has 20 heavy (non-hydrogen) atoms. The Morgan fingerprint density at radius 2 is 2.05 bits per heavy atom. The number of carbonyl (C=O) groups excluding carboxylic acids is 1. The SMILES string of the molecule is CCN(C)CCNC(=O)c1cc(C(F)(F)F)ccc1N. The molecule has 0 heterocycles. The Labute approximate surface area is 115 Å². The van der Waals surface area contributed by atoms with Crippen molar-refractivity contribution in [3.8, 4) is 0 Å². The van der Waals surface area contributed by atoms with Gasteiger partial charge >= 0.3 is 6.18 Å². The van der Waals surface area contributed by atoms with Gasteiger partial charge in [0.15, 0.2) is 0 Å². The minimum absolute atomic E-state index is 0.0272. The number of carbonyl (C=O) groups is 1. The maximum atomic E-state index is 12.6. The number of hydrogen-bond donors (Lipinski definition) is 2. The molecule has 0 aliphatic carbocycles. The van der Waals surface area contributed by atoms with Gasteiger partial charge in [-0.2, -0.15) is 13.2 Å². The molecule has 3 N–H and O–H groups in total. The highest BCUT2D eigenvalue weighted by atomic mass is 19.4.